The first kappa shape index (κ1) is 12.9. The number of nitrogens with zero attached hydrogens (tertiary/aromatic N) is 1. The highest BCUT2D eigenvalue weighted by atomic mass is 16.6. The molecule has 4 heteroatoms. The summed E-state index contributed by atoms with van der Waals surface area (Å²) >= 11 is 0. The monoisotopic (exact) mass is 231 g/mol. The van der Waals surface area contributed by atoms with E-state index in [-0.39, 0.29) is 0 Å². The van der Waals surface area contributed by atoms with Crippen LogP contribution >= 0.6 is 0 Å². The van der Waals surface area contributed by atoms with Crippen LogP contribution in [0.1, 0.15) is 11.1 Å². The Bertz CT molecular complexity index is 424. The summed E-state index contributed by atoms with van der Waals surface area (Å²) < 4.78 is 8.94. The van der Waals surface area contributed by atoms with Gasteiger partial charge in [-0.3, -0.25) is 0 Å². The fraction of sp³-hybridized carbons (Fsp3) is 0.231. The van der Waals surface area contributed by atoms with Gasteiger partial charge in [0.15, 0.2) is 0 Å². The van der Waals surface area contributed by atoms with Crippen LogP contribution in [-0.4, -0.2) is 26.3 Å². The third-order valence-corrected chi connectivity index (χ3v) is 1.86. The molecular formula is C13H13NO3. The van der Waals surface area contributed by atoms with Crippen molar-refractivity contribution in [3.63, 3.8) is 0 Å². The Morgan fingerprint density at radius 3 is 2.41 bits per heavy atom. The lowest BCUT2D eigenvalue weighted by molar-refractivity contribution is -0.134. The molecule has 0 saturated carbocycles. The van der Waals surface area contributed by atoms with E-state index in [1.165, 1.54) is 13.2 Å². The molecule has 1 aliphatic heterocycles. The minimum Gasteiger partial charge on any atom is -0.466 e. The van der Waals surface area contributed by atoms with Crippen LogP contribution in [0.15, 0.2) is 30.3 Å². The lowest BCUT2D eigenvalue weighted by Crippen LogP contribution is -1.93. The van der Waals surface area contributed by atoms with Gasteiger partial charge >= 0.3 is 5.97 Å². The van der Waals surface area contributed by atoms with Crippen molar-refractivity contribution < 1.29 is 14.3 Å². The first-order valence-corrected chi connectivity index (χ1v) is 5.10. The van der Waals surface area contributed by atoms with Crippen molar-refractivity contribution in [2.24, 2.45) is 0 Å². The van der Waals surface area contributed by atoms with Crippen LogP contribution in [0.5, 0.6) is 0 Å². The summed E-state index contributed by atoms with van der Waals surface area (Å²) in [6.45, 7) is 2.00. The summed E-state index contributed by atoms with van der Waals surface area (Å²) in [5.41, 5.74) is 1.45. The van der Waals surface area contributed by atoms with E-state index in [2.05, 4.69) is 9.47 Å². The van der Waals surface area contributed by atoms with Gasteiger partial charge in [0.2, 0.25) is 0 Å². The summed E-state index contributed by atoms with van der Waals surface area (Å²) in [5.74, 6) is -0.394. The number of esters is 1. The number of hydrogen-bond donors (Lipinski definition) is 0. The van der Waals surface area contributed by atoms with Gasteiger partial charge in [0, 0.05) is 6.08 Å². The zero-order valence-electron chi connectivity index (χ0n) is 9.55. The Morgan fingerprint density at radius 1 is 1.41 bits per heavy atom. The molecular weight excluding hydrogens is 218 g/mol. The topological polar surface area (TPSA) is 62.6 Å². The van der Waals surface area contributed by atoms with Crippen molar-refractivity contribution in [2.45, 2.75) is 0 Å². The Kier molecular flexibility index (Phi) is 5.49. The third kappa shape index (κ3) is 6.13. The summed E-state index contributed by atoms with van der Waals surface area (Å²) in [6, 6.07) is 8.92. The van der Waals surface area contributed by atoms with Crippen LogP contribution < -0.4 is 0 Å². The van der Waals surface area contributed by atoms with E-state index in [1.54, 1.807) is 30.3 Å². The van der Waals surface area contributed by atoms with Gasteiger partial charge in [-0.15, -0.1) is 0 Å². The van der Waals surface area contributed by atoms with Crippen molar-refractivity contribution in [1.29, 1.82) is 5.26 Å². The summed E-state index contributed by atoms with van der Waals surface area (Å²) in [6.07, 6.45) is 2.97. The van der Waals surface area contributed by atoms with Crippen molar-refractivity contribution in [3.05, 3.63) is 41.5 Å². The van der Waals surface area contributed by atoms with E-state index < -0.39 is 5.97 Å². The third-order valence-electron chi connectivity index (χ3n) is 1.86. The van der Waals surface area contributed by atoms with E-state index in [0.717, 1.165) is 18.8 Å². The van der Waals surface area contributed by atoms with E-state index in [4.69, 9.17) is 5.26 Å². The van der Waals surface area contributed by atoms with Crippen LogP contribution in [0.4, 0.5) is 0 Å². The number of carbonyl (C=O) groups is 1. The lowest BCUT2D eigenvalue weighted by Gasteiger charge is -1.93. The molecule has 0 atom stereocenters. The Morgan fingerprint density at radius 2 is 2.00 bits per heavy atom. The predicted octanol–water partition coefficient (Wildman–Crippen LogP) is 1.76. The second-order valence-corrected chi connectivity index (χ2v) is 3.20. The van der Waals surface area contributed by atoms with Gasteiger partial charge in [-0.25, -0.2) is 4.79 Å². The maximum Gasteiger partial charge on any atom is 0.330 e. The molecule has 1 aliphatic rings. The average molecular weight is 231 g/mol. The molecule has 1 saturated heterocycles. The van der Waals surface area contributed by atoms with Crippen molar-refractivity contribution in [2.75, 3.05) is 20.3 Å². The van der Waals surface area contributed by atoms with Crippen molar-refractivity contribution >= 4 is 12.0 Å². The molecule has 1 fully saturated rings. The number of methoxy groups -OCH3 is 1. The zero-order valence-corrected chi connectivity index (χ0v) is 9.55. The maximum atomic E-state index is 10.7. The molecule has 0 bridgehead atoms. The largest absolute Gasteiger partial charge is 0.466 e. The highest BCUT2D eigenvalue weighted by Crippen LogP contribution is 2.05. The van der Waals surface area contributed by atoms with Crippen molar-refractivity contribution in [3.8, 4) is 6.07 Å². The van der Waals surface area contributed by atoms with Gasteiger partial charge in [0.05, 0.1) is 32.0 Å². The van der Waals surface area contributed by atoms with Gasteiger partial charge in [-0.05, 0) is 23.8 Å². The molecule has 0 aliphatic carbocycles. The molecule has 1 heterocycles. The number of rotatable bonds is 2. The van der Waals surface area contributed by atoms with E-state index in [9.17, 15) is 4.79 Å². The van der Waals surface area contributed by atoms with Crippen LogP contribution in [0.2, 0.25) is 0 Å². The summed E-state index contributed by atoms with van der Waals surface area (Å²) in [5, 5.41) is 8.54. The molecule has 0 unspecified atom stereocenters. The Balaban J connectivity index is 0.000000415. The number of epoxide rings is 1. The van der Waals surface area contributed by atoms with Gasteiger partial charge in [0.25, 0.3) is 0 Å². The van der Waals surface area contributed by atoms with E-state index in [0.29, 0.717) is 5.56 Å². The number of hydrogen-bond acceptors (Lipinski definition) is 4. The highest BCUT2D eigenvalue weighted by molar-refractivity contribution is 5.86. The van der Waals surface area contributed by atoms with Crippen LogP contribution in [0.25, 0.3) is 6.08 Å². The molecule has 17 heavy (non-hydrogen) atoms. The normalized spacial score (nSPS) is 12.2. The zero-order chi connectivity index (χ0) is 12.5. The SMILES string of the molecule is C1CO1.COC(=O)C=Cc1ccc(C#N)cc1. The number of nitriles is 1. The lowest BCUT2D eigenvalue weighted by atomic mass is 10.1. The molecule has 88 valence electrons. The van der Waals surface area contributed by atoms with Crippen molar-refractivity contribution in [1.82, 2.24) is 0 Å². The van der Waals surface area contributed by atoms with Gasteiger partial charge in [0.1, 0.15) is 0 Å². The minimum absolute atomic E-state index is 0.394. The summed E-state index contributed by atoms with van der Waals surface area (Å²) in [4.78, 5) is 10.7. The maximum absolute atomic E-state index is 10.7. The number of ether oxygens (including phenoxy) is 2. The minimum atomic E-state index is -0.394. The standard InChI is InChI=1S/C11H9NO2.C2H4O/c1-14-11(13)7-6-9-2-4-10(8-12)5-3-9;1-2-3-1/h2-7H,1H3;1-2H2. The first-order chi connectivity index (χ1) is 8.26. The van der Waals surface area contributed by atoms with Crippen LogP contribution in [0.3, 0.4) is 0 Å². The fourth-order valence-electron chi connectivity index (χ4n) is 0.901. The van der Waals surface area contributed by atoms with Gasteiger partial charge < -0.3 is 9.47 Å². The molecule has 0 radical (unpaired) electrons. The van der Waals surface area contributed by atoms with E-state index >= 15 is 0 Å². The number of carbonyl (C=O) groups excluding carboxylic acids is 1. The average Bonchev–Trinajstić information content (AvgIpc) is 3.24. The molecule has 0 amide bonds. The second-order valence-electron chi connectivity index (χ2n) is 3.20. The van der Waals surface area contributed by atoms with Crippen LogP contribution in [-0.2, 0) is 14.3 Å². The first-order valence-electron chi connectivity index (χ1n) is 5.10. The smallest absolute Gasteiger partial charge is 0.330 e. The molecule has 1 aromatic rings. The Labute approximate surface area is 100 Å². The van der Waals surface area contributed by atoms with E-state index in [1.807, 2.05) is 6.07 Å². The number of benzene rings is 1. The Hall–Kier alpha value is -2.12. The summed E-state index contributed by atoms with van der Waals surface area (Å²) in [7, 11) is 1.32. The molecule has 0 spiro atoms. The quantitative estimate of drug-likeness (QED) is 0.442. The fourth-order valence-corrected chi connectivity index (χ4v) is 0.901. The molecule has 0 aromatic heterocycles. The molecule has 1 aromatic carbocycles. The molecule has 4 nitrogen and oxygen atoms in total. The van der Waals surface area contributed by atoms with Gasteiger partial charge in [-0.1, -0.05) is 12.1 Å². The highest BCUT2D eigenvalue weighted by Gasteiger charge is 1.94. The predicted molar refractivity (Wildman–Crippen MR) is 63.0 cm³/mol. The molecule has 2 rings (SSSR count). The second kappa shape index (κ2) is 7.20. The van der Waals surface area contributed by atoms with Crippen LogP contribution in [0, 0.1) is 11.3 Å². The van der Waals surface area contributed by atoms with Gasteiger partial charge in [-0.2, -0.15) is 5.26 Å². The molecule has 0 N–H and O–H groups in total.